The van der Waals surface area contributed by atoms with E-state index in [1.165, 1.54) is 31.5 Å². The zero-order valence-electron chi connectivity index (χ0n) is 9.84. The molecule has 0 amide bonds. The van der Waals surface area contributed by atoms with Crippen molar-refractivity contribution in [1.82, 2.24) is 10.2 Å². The summed E-state index contributed by atoms with van der Waals surface area (Å²) >= 11 is 0. The SMILES string of the molecule is C=C(C)CNC1CCN(C(C)C)CC1. The highest BCUT2D eigenvalue weighted by molar-refractivity contribution is 4.92. The summed E-state index contributed by atoms with van der Waals surface area (Å²) in [5.41, 5.74) is 1.23. The first kappa shape index (κ1) is 11.7. The van der Waals surface area contributed by atoms with Crippen molar-refractivity contribution in [3.8, 4) is 0 Å². The molecule has 1 fully saturated rings. The molecular weight excluding hydrogens is 172 g/mol. The van der Waals surface area contributed by atoms with E-state index in [0.29, 0.717) is 12.1 Å². The first-order valence-electron chi connectivity index (χ1n) is 5.71. The highest BCUT2D eigenvalue weighted by atomic mass is 15.2. The van der Waals surface area contributed by atoms with Crippen molar-refractivity contribution in [2.75, 3.05) is 19.6 Å². The Hall–Kier alpha value is -0.340. The molecule has 1 N–H and O–H groups in total. The molecule has 0 radical (unpaired) electrons. The molecule has 0 spiro atoms. The van der Waals surface area contributed by atoms with Crippen LogP contribution in [0.15, 0.2) is 12.2 Å². The zero-order chi connectivity index (χ0) is 10.6. The van der Waals surface area contributed by atoms with Gasteiger partial charge in [0.05, 0.1) is 0 Å². The van der Waals surface area contributed by atoms with E-state index in [2.05, 4.69) is 37.6 Å². The van der Waals surface area contributed by atoms with Gasteiger partial charge in [-0.3, -0.25) is 0 Å². The number of hydrogen-bond acceptors (Lipinski definition) is 2. The fraction of sp³-hybridized carbons (Fsp3) is 0.833. The molecule has 0 atom stereocenters. The van der Waals surface area contributed by atoms with E-state index < -0.39 is 0 Å². The smallest absolute Gasteiger partial charge is 0.0161 e. The summed E-state index contributed by atoms with van der Waals surface area (Å²) in [7, 11) is 0. The Bertz CT molecular complexity index is 179. The van der Waals surface area contributed by atoms with E-state index in [1.54, 1.807) is 0 Å². The van der Waals surface area contributed by atoms with E-state index >= 15 is 0 Å². The third-order valence-electron chi connectivity index (χ3n) is 2.95. The Labute approximate surface area is 88.4 Å². The Morgan fingerprint density at radius 1 is 1.43 bits per heavy atom. The minimum atomic E-state index is 0.706. The van der Waals surface area contributed by atoms with Gasteiger partial charge in [-0.1, -0.05) is 12.2 Å². The predicted molar refractivity (Wildman–Crippen MR) is 62.5 cm³/mol. The average molecular weight is 196 g/mol. The van der Waals surface area contributed by atoms with Gasteiger partial charge in [-0.05, 0) is 46.7 Å². The van der Waals surface area contributed by atoms with E-state index in [9.17, 15) is 0 Å². The molecule has 1 aliphatic rings. The van der Waals surface area contributed by atoms with Gasteiger partial charge in [0.1, 0.15) is 0 Å². The molecule has 0 aromatic rings. The van der Waals surface area contributed by atoms with Crippen LogP contribution < -0.4 is 5.32 Å². The molecule has 1 aliphatic heterocycles. The summed E-state index contributed by atoms with van der Waals surface area (Å²) in [6, 6.07) is 1.42. The van der Waals surface area contributed by atoms with E-state index in [1.807, 2.05) is 0 Å². The van der Waals surface area contributed by atoms with Gasteiger partial charge in [0.25, 0.3) is 0 Å². The average Bonchev–Trinajstić information content (AvgIpc) is 2.15. The molecule has 1 rings (SSSR count). The van der Waals surface area contributed by atoms with Gasteiger partial charge < -0.3 is 10.2 Å². The second-order valence-electron chi connectivity index (χ2n) is 4.74. The minimum Gasteiger partial charge on any atom is -0.310 e. The van der Waals surface area contributed by atoms with Crippen molar-refractivity contribution in [2.45, 2.75) is 45.7 Å². The Kier molecular flexibility index (Phi) is 4.63. The summed E-state index contributed by atoms with van der Waals surface area (Å²) in [5.74, 6) is 0. The van der Waals surface area contributed by atoms with Gasteiger partial charge >= 0.3 is 0 Å². The third kappa shape index (κ3) is 3.81. The van der Waals surface area contributed by atoms with E-state index in [-0.39, 0.29) is 0 Å². The van der Waals surface area contributed by atoms with Crippen LogP contribution in [0, 0.1) is 0 Å². The molecule has 2 nitrogen and oxygen atoms in total. The van der Waals surface area contributed by atoms with Crippen LogP contribution in [0.3, 0.4) is 0 Å². The summed E-state index contributed by atoms with van der Waals surface area (Å²) in [6.45, 7) is 14.0. The van der Waals surface area contributed by atoms with Crippen molar-refractivity contribution in [2.24, 2.45) is 0 Å². The second kappa shape index (κ2) is 5.52. The normalized spacial score (nSPS) is 20.3. The van der Waals surface area contributed by atoms with E-state index in [4.69, 9.17) is 0 Å². The zero-order valence-corrected chi connectivity index (χ0v) is 9.84. The van der Waals surface area contributed by atoms with E-state index in [0.717, 1.165) is 6.54 Å². The lowest BCUT2D eigenvalue weighted by molar-refractivity contribution is 0.162. The predicted octanol–water partition coefficient (Wildman–Crippen LogP) is 2.02. The number of hydrogen-bond donors (Lipinski definition) is 1. The largest absolute Gasteiger partial charge is 0.310 e. The first-order valence-corrected chi connectivity index (χ1v) is 5.71. The molecule has 0 aromatic carbocycles. The maximum absolute atomic E-state index is 3.91. The molecule has 2 heteroatoms. The second-order valence-corrected chi connectivity index (χ2v) is 4.74. The monoisotopic (exact) mass is 196 g/mol. The fourth-order valence-electron chi connectivity index (χ4n) is 1.94. The van der Waals surface area contributed by atoms with Gasteiger partial charge in [-0.2, -0.15) is 0 Å². The quantitative estimate of drug-likeness (QED) is 0.692. The Morgan fingerprint density at radius 3 is 2.43 bits per heavy atom. The lowest BCUT2D eigenvalue weighted by atomic mass is 10.0. The fourth-order valence-corrected chi connectivity index (χ4v) is 1.94. The maximum atomic E-state index is 3.91. The van der Waals surface area contributed by atoms with Gasteiger partial charge in [0.2, 0.25) is 0 Å². The van der Waals surface area contributed by atoms with Crippen molar-refractivity contribution >= 4 is 0 Å². The van der Waals surface area contributed by atoms with Crippen LogP contribution in [0.5, 0.6) is 0 Å². The summed E-state index contributed by atoms with van der Waals surface area (Å²) < 4.78 is 0. The summed E-state index contributed by atoms with van der Waals surface area (Å²) in [4.78, 5) is 2.55. The Morgan fingerprint density at radius 2 is 2.00 bits per heavy atom. The lowest BCUT2D eigenvalue weighted by Gasteiger charge is -2.35. The lowest BCUT2D eigenvalue weighted by Crippen LogP contribution is -2.45. The topological polar surface area (TPSA) is 15.3 Å². The molecule has 1 saturated heterocycles. The number of nitrogens with one attached hydrogen (secondary N) is 1. The van der Waals surface area contributed by atoms with Crippen LogP contribution in [-0.2, 0) is 0 Å². The number of piperidine rings is 1. The molecular formula is C12H24N2. The van der Waals surface area contributed by atoms with Crippen molar-refractivity contribution in [3.63, 3.8) is 0 Å². The number of nitrogens with zero attached hydrogens (tertiary/aromatic N) is 1. The molecule has 82 valence electrons. The minimum absolute atomic E-state index is 0.706. The summed E-state index contributed by atoms with van der Waals surface area (Å²) in [6.07, 6.45) is 2.57. The van der Waals surface area contributed by atoms with Gasteiger partial charge in [0.15, 0.2) is 0 Å². The Balaban J connectivity index is 2.19. The van der Waals surface area contributed by atoms with Crippen LogP contribution in [0.2, 0.25) is 0 Å². The molecule has 0 unspecified atom stereocenters. The van der Waals surface area contributed by atoms with Gasteiger partial charge in [-0.15, -0.1) is 0 Å². The van der Waals surface area contributed by atoms with Crippen molar-refractivity contribution in [3.05, 3.63) is 12.2 Å². The van der Waals surface area contributed by atoms with Crippen LogP contribution in [0.25, 0.3) is 0 Å². The van der Waals surface area contributed by atoms with Crippen LogP contribution in [0.1, 0.15) is 33.6 Å². The standard InChI is InChI=1S/C12H24N2/c1-10(2)9-13-12-5-7-14(8-6-12)11(3)4/h11-13H,1,5-9H2,2-4H3. The maximum Gasteiger partial charge on any atom is 0.0161 e. The molecule has 14 heavy (non-hydrogen) atoms. The molecule has 0 aliphatic carbocycles. The molecule has 0 aromatic heterocycles. The number of rotatable bonds is 4. The highest BCUT2D eigenvalue weighted by Gasteiger charge is 2.19. The summed E-state index contributed by atoms with van der Waals surface area (Å²) in [5, 5.41) is 3.55. The number of likely N-dealkylation sites (tertiary alicyclic amines) is 1. The van der Waals surface area contributed by atoms with Gasteiger partial charge in [0, 0.05) is 18.6 Å². The third-order valence-corrected chi connectivity index (χ3v) is 2.95. The van der Waals surface area contributed by atoms with Crippen molar-refractivity contribution < 1.29 is 0 Å². The van der Waals surface area contributed by atoms with Crippen molar-refractivity contribution in [1.29, 1.82) is 0 Å². The van der Waals surface area contributed by atoms with Crippen LogP contribution >= 0.6 is 0 Å². The van der Waals surface area contributed by atoms with Crippen LogP contribution in [-0.4, -0.2) is 36.6 Å². The molecule has 0 saturated carbocycles. The first-order chi connectivity index (χ1) is 6.59. The molecule has 1 heterocycles. The highest BCUT2D eigenvalue weighted by Crippen LogP contribution is 2.12. The molecule has 0 bridgehead atoms. The van der Waals surface area contributed by atoms with Gasteiger partial charge in [-0.25, -0.2) is 0 Å². The van der Waals surface area contributed by atoms with Crippen LogP contribution in [0.4, 0.5) is 0 Å².